The molecule has 0 aliphatic heterocycles. The standard InChI is InChI=1S/C9H15N/c1-2-8-10-9-6-4-3-5-7-9/h1,9-10H,3-8H2/p+1. The Kier molecular flexibility index (Phi) is 3.32. The monoisotopic (exact) mass is 138 g/mol. The molecule has 1 fully saturated rings. The van der Waals surface area contributed by atoms with Gasteiger partial charge in [0.1, 0.15) is 6.54 Å². The molecule has 10 heavy (non-hydrogen) atoms. The van der Waals surface area contributed by atoms with Crippen LogP contribution in [0.4, 0.5) is 0 Å². The molecule has 0 radical (unpaired) electrons. The topological polar surface area (TPSA) is 16.6 Å². The van der Waals surface area contributed by atoms with Crippen LogP contribution in [0, 0.1) is 12.3 Å². The third-order valence-electron chi connectivity index (χ3n) is 2.22. The van der Waals surface area contributed by atoms with E-state index in [0.717, 1.165) is 12.6 Å². The first-order chi connectivity index (χ1) is 4.93. The summed E-state index contributed by atoms with van der Waals surface area (Å²) in [5.41, 5.74) is 0. The molecule has 1 rings (SSSR count). The zero-order valence-electron chi connectivity index (χ0n) is 6.47. The molecule has 0 aromatic heterocycles. The highest BCUT2D eigenvalue weighted by molar-refractivity contribution is 4.81. The molecule has 1 saturated carbocycles. The zero-order valence-corrected chi connectivity index (χ0v) is 6.47. The van der Waals surface area contributed by atoms with Crippen molar-refractivity contribution in [3.05, 3.63) is 0 Å². The van der Waals surface area contributed by atoms with Gasteiger partial charge >= 0.3 is 0 Å². The van der Waals surface area contributed by atoms with Crippen molar-refractivity contribution in [1.82, 2.24) is 0 Å². The van der Waals surface area contributed by atoms with Crippen LogP contribution < -0.4 is 5.32 Å². The van der Waals surface area contributed by atoms with Crippen molar-refractivity contribution >= 4 is 0 Å². The van der Waals surface area contributed by atoms with Crippen molar-refractivity contribution in [2.24, 2.45) is 0 Å². The summed E-state index contributed by atoms with van der Waals surface area (Å²) in [6, 6.07) is 0.838. The molecular weight excluding hydrogens is 122 g/mol. The van der Waals surface area contributed by atoms with Crippen LogP contribution in [-0.4, -0.2) is 12.6 Å². The Morgan fingerprint density at radius 2 is 2.00 bits per heavy atom. The van der Waals surface area contributed by atoms with Crippen LogP contribution in [0.1, 0.15) is 32.1 Å². The molecule has 0 heterocycles. The molecule has 1 heteroatoms. The summed E-state index contributed by atoms with van der Waals surface area (Å²) in [4.78, 5) is 0. The highest BCUT2D eigenvalue weighted by Crippen LogP contribution is 2.14. The van der Waals surface area contributed by atoms with Gasteiger partial charge in [0.2, 0.25) is 0 Å². The second kappa shape index (κ2) is 4.35. The van der Waals surface area contributed by atoms with Gasteiger partial charge in [-0.25, -0.2) is 0 Å². The fraction of sp³-hybridized carbons (Fsp3) is 0.778. The predicted molar refractivity (Wildman–Crippen MR) is 42.5 cm³/mol. The average molecular weight is 138 g/mol. The molecule has 56 valence electrons. The smallest absolute Gasteiger partial charge is 0.137 e. The van der Waals surface area contributed by atoms with Crippen LogP contribution in [0.3, 0.4) is 0 Å². The lowest BCUT2D eigenvalue weighted by Crippen LogP contribution is -2.90. The molecule has 0 spiro atoms. The van der Waals surface area contributed by atoms with Crippen LogP contribution in [0.25, 0.3) is 0 Å². The first-order valence-electron chi connectivity index (χ1n) is 4.20. The molecule has 0 amide bonds. The molecule has 0 saturated heterocycles. The average Bonchev–Trinajstić information content (AvgIpc) is 2.03. The number of terminal acetylenes is 1. The maximum absolute atomic E-state index is 5.16. The lowest BCUT2D eigenvalue weighted by molar-refractivity contribution is -0.681. The molecule has 0 atom stereocenters. The minimum absolute atomic E-state index is 0.838. The second-order valence-electron chi connectivity index (χ2n) is 3.04. The van der Waals surface area contributed by atoms with Crippen molar-refractivity contribution in [3.8, 4) is 12.3 Å². The van der Waals surface area contributed by atoms with Crippen molar-refractivity contribution in [3.63, 3.8) is 0 Å². The van der Waals surface area contributed by atoms with E-state index >= 15 is 0 Å². The van der Waals surface area contributed by atoms with Crippen LogP contribution in [-0.2, 0) is 0 Å². The Balaban J connectivity index is 2.09. The lowest BCUT2D eigenvalue weighted by Gasteiger charge is -2.18. The molecule has 2 N–H and O–H groups in total. The molecular formula is C9H16N+. The van der Waals surface area contributed by atoms with Crippen LogP contribution in [0.5, 0.6) is 0 Å². The van der Waals surface area contributed by atoms with Gasteiger partial charge in [-0.1, -0.05) is 6.42 Å². The van der Waals surface area contributed by atoms with Gasteiger partial charge in [0.05, 0.1) is 6.04 Å². The van der Waals surface area contributed by atoms with Crippen molar-refractivity contribution in [2.75, 3.05) is 6.54 Å². The lowest BCUT2D eigenvalue weighted by atomic mass is 9.96. The summed E-state index contributed by atoms with van der Waals surface area (Å²) in [6.45, 7) is 0.866. The molecule has 0 bridgehead atoms. The Hall–Kier alpha value is -0.480. The Morgan fingerprint density at radius 3 is 2.60 bits per heavy atom. The molecule has 0 unspecified atom stereocenters. The summed E-state index contributed by atoms with van der Waals surface area (Å²) in [5, 5.41) is 2.30. The maximum Gasteiger partial charge on any atom is 0.137 e. The highest BCUT2D eigenvalue weighted by Gasteiger charge is 2.14. The third kappa shape index (κ3) is 2.41. The van der Waals surface area contributed by atoms with Gasteiger partial charge in [0.25, 0.3) is 0 Å². The van der Waals surface area contributed by atoms with Crippen LogP contribution in [0.15, 0.2) is 0 Å². The van der Waals surface area contributed by atoms with Gasteiger partial charge in [-0.15, -0.1) is 6.42 Å². The van der Waals surface area contributed by atoms with E-state index < -0.39 is 0 Å². The Morgan fingerprint density at radius 1 is 1.30 bits per heavy atom. The quantitative estimate of drug-likeness (QED) is 0.536. The van der Waals surface area contributed by atoms with Gasteiger partial charge in [-0.2, -0.15) is 0 Å². The van der Waals surface area contributed by atoms with Crippen molar-refractivity contribution in [1.29, 1.82) is 0 Å². The maximum atomic E-state index is 5.16. The van der Waals surface area contributed by atoms with Gasteiger partial charge in [0.15, 0.2) is 0 Å². The largest absolute Gasteiger partial charge is 0.334 e. The summed E-state index contributed by atoms with van der Waals surface area (Å²) >= 11 is 0. The van der Waals surface area contributed by atoms with E-state index in [9.17, 15) is 0 Å². The van der Waals surface area contributed by atoms with Crippen LogP contribution in [0.2, 0.25) is 0 Å². The Labute approximate surface area is 63.2 Å². The van der Waals surface area contributed by atoms with Gasteiger partial charge < -0.3 is 5.32 Å². The minimum atomic E-state index is 0.838. The minimum Gasteiger partial charge on any atom is -0.334 e. The van der Waals surface area contributed by atoms with E-state index in [2.05, 4.69) is 11.2 Å². The first-order valence-corrected chi connectivity index (χ1v) is 4.20. The summed E-state index contributed by atoms with van der Waals surface area (Å²) in [5.74, 6) is 2.66. The normalized spacial score (nSPS) is 20.3. The third-order valence-corrected chi connectivity index (χ3v) is 2.22. The zero-order chi connectivity index (χ0) is 7.23. The van der Waals surface area contributed by atoms with E-state index in [1.165, 1.54) is 32.1 Å². The molecule has 1 aliphatic carbocycles. The van der Waals surface area contributed by atoms with Gasteiger partial charge in [-0.3, -0.25) is 0 Å². The van der Waals surface area contributed by atoms with E-state index in [0.29, 0.717) is 0 Å². The van der Waals surface area contributed by atoms with E-state index in [1.54, 1.807) is 0 Å². The molecule has 1 aliphatic rings. The number of hydrogen-bond donors (Lipinski definition) is 1. The fourth-order valence-electron chi connectivity index (χ4n) is 1.60. The van der Waals surface area contributed by atoms with Gasteiger partial charge in [0, 0.05) is 0 Å². The van der Waals surface area contributed by atoms with E-state index in [4.69, 9.17) is 6.42 Å². The summed E-state index contributed by atoms with van der Waals surface area (Å²) < 4.78 is 0. The Bertz CT molecular complexity index is 117. The fourth-order valence-corrected chi connectivity index (χ4v) is 1.60. The van der Waals surface area contributed by atoms with Gasteiger partial charge in [-0.05, 0) is 31.6 Å². The van der Waals surface area contributed by atoms with E-state index in [1.807, 2.05) is 0 Å². The highest BCUT2D eigenvalue weighted by atomic mass is 14.9. The van der Waals surface area contributed by atoms with Crippen molar-refractivity contribution < 1.29 is 5.32 Å². The van der Waals surface area contributed by atoms with E-state index in [-0.39, 0.29) is 0 Å². The van der Waals surface area contributed by atoms with Crippen molar-refractivity contribution in [2.45, 2.75) is 38.1 Å². The number of hydrogen-bond acceptors (Lipinski definition) is 0. The first kappa shape index (κ1) is 7.63. The summed E-state index contributed by atoms with van der Waals surface area (Å²) in [7, 11) is 0. The number of quaternary nitrogens is 1. The molecule has 0 aromatic carbocycles. The summed E-state index contributed by atoms with van der Waals surface area (Å²) in [6.07, 6.45) is 12.2. The molecule has 1 nitrogen and oxygen atoms in total. The number of rotatable bonds is 2. The SMILES string of the molecule is C#CC[NH2+]C1CCCCC1. The number of nitrogens with two attached hydrogens (primary N) is 1. The van der Waals surface area contributed by atoms with Crippen LogP contribution >= 0.6 is 0 Å². The molecule has 0 aromatic rings. The second-order valence-corrected chi connectivity index (χ2v) is 3.04. The predicted octanol–water partition coefficient (Wildman–Crippen LogP) is 0.516.